The Bertz CT molecular complexity index is 1680. The maximum Gasteiger partial charge on any atom is 0.247 e. The van der Waals surface area contributed by atoms with Gasteiger partial charge in [0.2, 0.25) is 5.91 Å². The molecule has 1 aliphatic rings. The number of imidazole rings is 1. The van der Waals surface area contributed by atoms with E-state index < -0.39 is 0 Å². The fraction of sp³-hybridized carbons (Fsp3) is 0.214. The highest BCUT2D eigenvalue weighted by Gasteiger charge is 2.22. The predicted molar refractivity (Wildman–Crippen MR) is 150 cm³/mol. The second-order valence-corrected chi connectivity index (χ2v) is 9.61. The van der Waals surface area contributed by atoms with Crippen molar-refractivity contribution in [2.45, 2.75) is 18.9 Å². The Morgan fingerprint density at radius 2 is 2.00 bits per heavy atom. The van der Waals surface area contributed by atoms with Crippen LogP contribution in [0.5, 0.6) is 0 Å². The number of pyridine rings is 1. The van der Waals surface area contributed by atoms with Gasteiger partial charge in [-0.1, -0.05) is 12.6 Å². The molecule has 1 aromatic carbocycles. The van der Waals surface area contributed by atoms with E-state index in [1.165, 1.54) is 6.08 Å². The first-order valence-electron chi connectivity index (χ1n) is 12.7. The van der Waals surface area contributed by atoms with Crippen LogP contribution in [0.1, 0.15) is 18.9 Å². The molecule has 0 saturated carbocycles. The van der Waals surface area contributed by atoms with Crippen LogP contribution in [0.3, 0.4) is 0 Å². The third kappa shape index (κ3) is 4.75. The van der Waals surface area contributed by atoms with Gasteiger partial charge in [-0.3, -0.25) is 19.0 Å². The summed E-state index contributed by atoms with van der Waals surface area (Å²) in [6.45, 7) is 5.63. The average molecular weight is 521 g/mol. The summed E-state index contributed by atoms with van der Waals surface area (Å²) in [5, 5.41) is 7.44. The Morgan fingerprint density at radius 1 is 1.15 bits per heavy atom. The Kier molecular flexibility index (Phi) is 6.33. The number of fused-ring (bicyclic) bond motifs is 1. The van der Waals surface area contributed by atoms with Gasteiger partial charge in [-0.05, 0) is 63.3 Å². The second kappa shape index (κ2) is 10.1. The number of hydrogen-bond donors (Lipinski definition) is 2. The number of anilines is 2. The standard InChI is InChI=1S/C28H28N10O/c1-3-25(39)33-19-5-4-6-21(13-19)38-24-16-30-10-7-22(24)35-28(38)26-27(29)31-15-23(34-26)18-14-32-37(17-18)20-8-11-36(2)12-9-20/h3-7,10,13-17,20H,1,8-9,11-12H2,2H3,(H2,29,31)(H,33,39). The molecule has 1 fully saturated rings. The smallest absolute Gasteiger partial charge is 0.247 e. The molecule has 5 heterocycles. The summed E-state index contributed by atoms with van der Waals surface area (Å²) in [4.78, 5) is 32.8. The number of nitrogens with two attached hydrogens (primary N) is 1. The van der Waals surface area contributed by atoms with Gasteiger partial charge in [-0.2, -0.15) is 5.10 Å². The zero-order valence-corrected chi connectivity index (χ0v) is 21.5. The zero-order chi connectivity index (χ0) is 26.9. The van der Waals surface area contributed by atoms with E-state index in [1.54, 1.807) is 24.7 Å². The van der Waals surface area contributed by atoms with Crippen LogP contribution >= 0.6 is 0 Å². The fourth-order valence-corrected chi connectivity index (χ4v) is 4.89. The molecular formula is C28H28N10O. The molecule has 0 radical (unpaired) electrons. The maximum absolute atomic E-state index is 11.9. The molecule has 196 valence electrons. The summed E-state index contributed by atoms with van der Waals surface area (Å²) in [6.07, 6.45) is 12.3. The number of benzene rings is 1. The van der Waals surface area contributed by atoms with Crippen molar-refractivity contribution in [2.24, 2.45) is 0 Å². The SMILES string of the molecule is C=CC(=O)Nc1cccc(-n2c(-c3nc(-c4cnn(C5CCN(C)CC5)c4)cnc3N)nc3ccncc32)c1. The molecule has 6 rings (SSSR count). The summed E-state index contributed by atoms with van der Waals surface area (Å²) in [7, 11) is 2.15. The highest BCUT2D eigenvalue weighted by molar-refractivity contribution is 5.99. The zero-order valence-electron chi connectivity index (χ0n) is 21.5. The first kappa shape index (κ1) is 24.4. The van der Waals surface area contributed by atoms with Crippen LogP contribution in [-0.4, -0.2) is 65.2 Å². The van der Waals surface area contributed by atoms with E-state index >= 15 is 0 Å². The number of likely N-dealkylation sites (tertiary alicyclic amines) is 1. The lowest BCUT2D eigenvalue weighted by Crippen LogP contribution is -2.31. The van der Waals surface area contributed by atoms with E-state index in [0.29, 0.717) is 28.9 Å². The van der Waals surface area contributed by atoms with E-state index in [2.05, 4.69) is 38.9 Å². The number of nitrogen functional groups attached to an aromatic ring is 1. The van der Waals surface area contributed by atoms with Crippen LogP contribution in [0.4, 0.5) is 11.5 Å². The number of aromatic nitrogens is 7. The van der Waals surface area contributed by atoms with Crippen molar-refractivity contribution >= 4 is 28.4 Å². The molecule has 4 aromatic heterocycles. The lowest BCUT2D eigenvalue weighted by Gasteiger charge is -2.28. The number of amides is 1. The van der Waals surface area contributed by atoms with Gasteiger partial charge >= 0.3 is 0 Å². The molecule has 1 saturated heterocycles. The quantitative estimate of drug-likeness (QED) is 0.324. The predicted octanol–water partition coefficient (Wildman–Crippen LogP) is 3.71. The first-order chi connectivity index (χ1) is 19.0. The summed E-state index contributed by atoms with van der Waals surface area (Å²) < 4.78 is 3.95. The number of rotatable bonds is 6. The van der Waals surface area contributed by atoms with Crippen LogP contribution in [0, 0.1) is 0 Å². The van der Waals surface area contributed by atoms with Crippen molar-refractivity contribution in [3.05, 3.63) is 74.0 Å². The third-order valence-corrected chi connectivity index (χ3v) is 6.99. The summed E-state index contributed by atoms with van der Waals surface area (Å²) >= 11 is 0. The molecule has 1 amide bonds. The fourth-order valence-electron chi connectivity index (χ4n) is 4.89. The van der Waals surface area contributed by atoms with Gasteiger partial charge in [0.1, 0.15) is 5.69 Å². The Hall–Kier alpha value is -4.90. The van der Waals surface area contributed by atoms with Gasteiger partial charge in [0.25, 0.3) is 0 Å². The van der Waals surface area contributed by atoms with Crippen molar-refractivity contribution < 1.29 is 4.79 Å². The van der Waals surface area contributed by atoms with E-state index in [9.17, 15) is 4.79 Å². The largest absolute Gasteiger partial charge is 0.382 e. The van der Waals surface area contributed by atoms with Crippen LogP contribution in [0.15, 0.2) is 74.0 Å². The minimum absolute atomic E-state index is 0.252. The Balaban J connectivity index is 1.43. The van der Waals surface area contributed by atoms with Crippen LogP contribution in [0.25, 0.3) is 39.5 Å². The highest BCUT2D eigenvalue weighted by Crippen LogP contribution is 2.32. The maximum atomic E-state index is 11.9. The minimum Gasteiger partial charge on any atom is -0.382 e. The van der Waals surface area contributed by atoms with E-state index in [1.807, 2.05) is 45.9 Å². The molecule has 0 atom stereocenters. The topological polar surface area (TPSA) is 133 Å². The third-order valence-electron chi connectivity index (χ3n) is 6.99. The number of nitrogens with one attached hydrogen (secondary N) is 1. The number of nitrogens with zero attached hydrogens (tertiary/aromatic N) is 8. The molecule has 11 nitrogen and oxygen atoms in total. The molecule has 5 aromatic rings. The second-order valence-electron chi connectivity index (χ2n) is 9.61. The molecule has 0 spiro atoms. The van der Waals surface area contributed by atoms with Crippen molar-refractivity contribution in [1.82, 2.24) is 39.2 Å². The summed E-state index contributed by atoms with van der Waals surface area (Å²) in [5.74, 6) is 0.468. The number of carbonyl (C=O) groups is 1. The van der Waals surface area contributed by atoms with E-state index in [0.717, 1.165) is 48.2 Å². The minimum atomic E-state index is -0.298. The molecule has 0 unspecified atom stereocenters. The lowest BCUT2D eigenvalue weighted by atomic mass is 10.1. The van der Waals surface area contributed by atoms with Crippen LogP contribution in [-0.2, 0) is 4.79 Å². The van der Waals surface area contributed by atoms with Gasteiger partial charge in [0, 0.05) is 29.3 Å². The van der Waals surface area contributed by atoms with Crippen LogP contribution in [0.2, 0.25) is 0 Å². The average Bonchev–Trinajstić information content (AvgIpc) is 3.59. The molecule has 0 aliphatic carbocycles. The molecule has 3 N–H and O–H groups in total. The summed E-state index contributed by atoms with van der Waals surface area (Å²) in [5.41, 5.74) is 11.2. The first-order valence-corrected chi connectivity index (χ1v) is 12.7. The number of piperidine rings is 1. The van der Waals surface area contributed by atoms with Gasteiger partial charge in [-0.15, -0.1) is 0 Å². The number of hydrogen-bond acceptors (Lipinski definition) is 8. The lowest BCUT2D eigenvalue weighted by molar-refractivity contribution is -0.111. The molecule has 11 heteroatoms. The summed E-state index contributed by atoms with van der Waals surface area (Å²) in [6, 6.07) is 9.61. The normalized spacial score (nSPS) is 14.5. The van der Waals surface area contributed by atoms with Gasteiger partial charge in [0.15, 0.2) is 11.6 Å². The van der Waals surface area contributed by atoms with Gasteiger partial charge in [0.05, 0.1) is 41.4 Å². The highest BCUT2D eigenvalue weighted by atomic mass is 16.1. The van der Waals surface area contributed by atoms with E-state index in [4.69, 9.17) is 15.7 Å². The van der Waals surface area contributed by atoms with E-state index in [-0.39, 0.29) is 11.7 Å². The molecular weight excluding hydrogens is 492 g/mol. The Labute approximate surface area is 225 Å². The van der Waals surface area contributed by atoms with Gasteiger partial charge in [-0.25, -0.2) is 15.0 Å². The van der Waals surface area contributed by atoms with Crippen molar-refractivity contribution in [1.29, 1.82) is 0 Å². The molecule has 1 aliphatic heterocycles. The number of carbonyl (C=O) groups excluding carboxylic acids is 1. The van der Waals surface area contributed by atoms with Crippen molar-refractivity contribution in [3.63, 3.8) is 0 Å². The molecule has 39 heavy (non-hydrogen) atoms. The molecule has 0 bridgehead atoms. The van der Waals surface area contributed by atoms with Crippen LogP contribution < -0.4 is 11.1 Å². The van der Waals surface area contributed by atoms with Crippen molar-refractivity contribution in [2.75, 3.05) is 31.2 Å². The Morgan fingerprint density at radius 3 is 2.82 bits per heavy atom. The monoisotopic (exact) mass is 520 g/mol. The van der Waals surface area contributed by atoms with Gasteiger partial charge < -0.3 is 16.0 Å². The van der Waals surface area contributed by atoms with Crippen molar-refractivity contribution in [3.8, 4) is 28.5 Å².